The van der Waals surface area contributed by atoms with Crippen LogP contribution in [0.3, 0.4) is 0 Å². The van der Waals surface area contributed by atoms with E-state index in [1.807, 2.05) is 38.1 Å². The molecule has 29 heavy (non-hydrogen) atoms. The maximum absolute atomic E-state index is 12.5. The predicted octanol–water partition coefficient (Wildman–Crippen LogP) is 3.78. The molecule has 0 fully saturated rings. The Morgan fingerprint density at radius 1 is 0.931 bits per heavy atom. The highest BCUT2D eigenvalue weighted by molar-refractivity contribution is 5.92. The van der Waals surface area contributed by atoms with E-state index >= 15 is 0 Å². The second-order valence-corrected chi connectivity index (χ2v) is 6.66. The summed E-state index contributed by atoms with van der Waals surface area (Å²) in [4.78, 5) is 20.8. The molecule has 0 unspecified atom stereocenters. The van der Waals surface area contributed by atoms with Gasteiger partial charge in [0.2, 0.25) is 0 Å². The van der Waals surface area contributed by atoms with Crippen LogP contribution in [0.15, 0.2) is 48.8 Å². The molecular weight excluding hydrogens is 368 g/mol. The van der Waals surface area contributed by atoms with Crippen LogP contribution in [-0.4, -0.2) is 30.1 Å². The Hall–Kier alpha value is -3.61. The topological polar surface area (TPSA) is 85.4 Å². The molecule has 0 aliphatic heterocycles. The molecule has 0 saturated heterocycles. The molecule has 2 N–H and O–H groups in total. The summed E-state index contributed by atoms with van der Waals surface area (Å²) in [6.45, 7) is 4.40. The molecule has 0 aliphatic carbocycles. The first-order valence-corrected chi connectivity index (χ1v) is 9.15. The van der Waals surface area contributed by atoms with E-state index in [9.17, 15) is 4.79 Å². The van der Waals surface area contributed by atoms with Crippen molar-refractivity contribution in [1.29, 1.82) is 0 Å². The molecule has 3 aromatic rings. The molecule has 0 atom stereocenters. The van der Waals surface area contributed by atoms with Crippen molar-refractivity contribution in [3.05, 3.63) is 71.2 Å². The van der Waals surface area contributed by atoms with E-state index in [4.69, 9.17) is 9.47 Å². The smallest absolute Gasteiger partial charge is 0.270 e. The van der Waals surface area contributed by atoms with Gasteiger partial charge in [0, 0.05) is 18.3 Å². The lowest BCUT2D eigenvalue weighted by molar-refractivity contribution is 0.0945. The summed E-state index contributed by atoms with van der Waals surface area (Å²) >= 11 is 0. The fraction of sp³-hybridized carbons (Fsp3) is 0.227. The largest absolute Gasteiger partial charge is 0.493 e. The third kappa shape index (κ3) is 5.22. The standard InChI is InChI=1S/C22H24N4O3/c1-14-7-15(2)9-17(8-14)26-21-11-18(24-13-25-21)22(27)23-12-16-5-6-19(28-3)20(10-16)29-4/h5-11,13H,12H2,1-4H3,(H,23,27)(H,24,25,26). The summed E-state index contributed by atoms with van der Waals surface area (Å²) in [6, 6.07) is 13.3. The summed E-state index contributed by atoms with van der Waals surface area (Å²) < 4.78 is 10.5. The lowest BCUT2D eigenvalue weighted by Crippen LogP contribution is -2.24. The average Bonchev–Trinajstić information content (AvgIpc) is 2.71. The lowest BCUT2D eigenvalue weighted by Gasteiger charge is -2.11. The Morgan fingerprint density at radius 2 is 1.66 bits per heavy atom. The third-order valence-electron chi connectivity index (χ3n) is 4.29. The Kier molecular flexibility index (Phi) is 6.29. The first-order chi connectivity index (χ1) is 14.0. The van der Waals surface area contributed by atoms with Crippen LogP contribution in [0.5, 0.6) is 11.5 Å². The highest BCUT2D eigenvalue weighted by atomic mass is 16.5. The van der Waals surface area contributed by atoms with Crippen molar-refractivity contribution in [3.63, 3.8) is 0 Å². The summed E-state index contributed by atoms with van der Waals surface area (Å²) in [5.74, 6) is 1.52. The number of aryl methyl sites for hydroxylation is 2. The quantitative estimate of drug-likeness (QED) is 0.636. The van der Waals surface area contributed by atoms with Gasteiger partial charge in [0.15, 0.2) is 11.5 Å². The SMILES string of the molecule is COc1ccc(CNC(=O)c2cc(Nc3cc(C)cc(C)c3)ncn2)cc1OC. The van der Waals surface area contributed by atoms with Gasteiger partial charge in [-0.1, -0.05) is 12.1 Å². The van der Waals surface area contributed by atoms with Crippen LogP contribution in [0.4, 0.5) is 11.5 Å². The van der Waals surface area contributed by atoms with Gasteiger partial charge in [0.05, 0.1) is 14.2 Å². The molecule has 0 bridgehead atoms. The zero-order chi connectivity index (χ0) is 20.8. The number of benzene rings is 2. The summed E-state index contributed by atoms with van der Waals surface area (Å²) in [5.41, 5.74) is 4.38. The van der Waals surface area contributed by atoms with Crippen molar-refractivity contribution < 1.29 is 14.3 Å². The van der Waals surface area contributed by atoms with E-state index in [-0.39, 0.29) is 11.6 Å². The molecule has 0 spiro atoms. The Bertz CT molecular complexity index is 1000. The maximum atomic E-state index is 12.5. The first kappa shape index (κ1) is 20.1. The van der Waals surface area contributed by atoms with Gasteiger partial charge in [0.25, 0.3) is 5.91 Å². The van der Waals surface area contributed by atoms with E-state index in [2.05, 4.69) is 26.7 Å². The number of hydrogen-bond donors (Lipinski definition) is 2. The highest BCUT2D eigenvalue weighted by Crippen LogP contribution is 2.27. The number of ether oxygens (including phenoxy) is 2. The van der Waals surface area contributed by atoms with Gasteiger partial charge >= 0.3 is 0 Å². The number of nitrogens with one attached hydrogen (secondary N) is 2. The number of anilines is 2. The maximum Gasteiger partial charge on any atom is 0.270 e. The second-order valence-electron chi connectivity index (χ2n) is 6.66. The summed E-state index contributed by atoms with van der Waals surface area (Å²) in [5, 5.41) is 6.08. The molecule has 1 heterocycles. The summed E-state index contributed by atoms with van der Waals surface area (Å²) in [6.07, 6.45) is 1.37. The van der Waals surface area contributed by atoms with Crippen molar-refractivity contribution in [2.24, 2.45) is 0 Å². The number of aromatic nitrogens is 2. The van der Waals surface area contributed by atoms with E-state index in [1.165, 1.54) is 6.33 Å². The van der Waals surface area contributed by atoms with Crippen LogP contribution in [0.1, 0.15) is 27.2 Å². The Balaban J connectivity index is 1.68. The van der Waals surface area contributed by atoms with Gasteiger partial charge < -0.3 is 20.1 Å². The van der Waals surface area contributed by atoms with Crippen molar-refractivity contribution >= 4 is 17.4 Å². The Labute approximate surface area is 170 Å². The minimum absolute atomic E-state index is 0.285. The van der Waals surface area contributed by atoms with Crippen LogP contribution in [0.25, 0.3) is 0 Å². The number of amides is 1. The number of nitrogens with zero attached hydrogens (tertiary/aromatic N) is 2. The van der Waals surface area contributed by atoms with Gasteiger partial charge in [-0.25, -0.2) is 9.97 Å². The third-order valence-corrected chi connectivity index (χ3v) is 4.29. The zero-order valence-electron chi connectivity index (χ0n) is 16.9. The van der Waals surface area contributed by atoms with Crippen molar-refractivity contribution in [3.8, 4) is 11.5 Å². The normalized spacial score (nSPS) is 10.3. The lowest BCUT2D eigenvalue weighted by atomic mass is 10.1. The van der Waals surface area contributed by atoms with Crippen LogP contribution in [0.2, 0.25) is 0 Å². The molecule has 1 aromatic heterocycles. The molecule has 150 valence electrons. The number of hydrogen-bond acceptors (Lipinski definition) is 6. The highest BCUT2D eigenvalue weighted by Gasteiger charge is 2.10. The fourth-order valence-corrected chi connectivity index (χ4v) is 3.01. The van der Waals surface area contributed by atoms with Gasteiger partial charge in [-0.2, -0.15) is 0 Å². The van der Waals surface area contributed by atoms with Crippen molar-refractivity contribution in [2.45, 2.75) is 20.4 Å². The van der Waals surface area contributed by atoms with Gasteiger partial charge in [-0.15, -0.1) is 0 Å². The van der Waals surface area contributed by atoms with E-state index in [0.717, 1.165) is 22.4 Å². The van der Waals surface area contributed by atoms with E-state index in [1.54, 1.807) is 26.4 Å². The van der Waals surface area contributed by atoms with E-state index in [0.29, 0.717) is 23.9 Å². The second kappa shape index (κ2) is 9.05. The number of rotatable bonds is 7. The molecular formula is C22H24N4O3. The summed E-state index contributed by atoms with van der Waals surface area (Å²) in [7, 11) is 3.16. The molecule has 7 nitrogen and oxygen atoms in total. The fourth-order valence-electron chi connectivity index (χ4n) is 3.01. The van der Waals surface area contributed by atoms with E-state index < -0.39 is 0 Å². The van der Waals surface area contributed by atoms with Gasteiger partial charge in [-0.3, -0.25) is 4.79 Å². The minimum atomic E-state index is -0.286. The predicted molar refractivity (Wildman–Crippen MR) is 112 cm³/mol. The molecule has 0 saturated carbocycles. The number of carbonyl (C=O) groups is 1. The number of methoxy groups -OCH3 is 2. The van der Waals surface area contributed by atoms with Crippen LogP contribution in [-0.2, 0) is 6.54 Å². The Morgan fingerprint density at radius 3 is 2.34 bits per heavy atom. The van der Waals surface area contributed by atoms with Crippen molar-refractivity contribution in [2.75, 3.05) is 19.5 Å². The van der Waals surface area contributed by atoms with Gasteiger partial charge in [-0.05, 0) is 54.8 Å². The molecule has 1 amide bonds. The molecule has 3 rings (SSSR count). The van der Waals surface area contributed by atoms with Crippen LogP contribution in [0, 0.1) is 13.8 Å². The number of carbonyl (C=O) groups excluding carboxylic acids is 1. The van der Waals surface area contributed by atoms with Crippen LogP contribution < -0.4 is 20.1 Å². The van der Waals surface area contributed by atoms with Gasteiger partial charge in [0.1, 0.15) is 17.8 Å². The van der Waals surface area contributed by atoms with Crippen LogP contribution >= 0.6 is 0 Å². The average molecular weight is 392 g/mol. The molecule has 7 heteroatoms. The molecule has 0 radical (unpaired) electrons. The minimum Gasteiger partial charge on any atom is -0.493 e. The monoisotopic (exact) mass is 392 g/mol. The molecule has 2 aromatic carbocycles. The van der Waals surface area contributed by atoms with Crippen molar-refractivity contribution in [1.82, 2.24) is 15.3 Å². The zero-order valence-corrected chi connectivity index (χ0v) is 16.9. The molecule has 0 aliphatic rings. The first-order valence-electron chi connectivity index (χ1n) is 9.15.